The smallest absolute Gasteiger partial charge is 0.261 e. The molecular formula is C13H12FNO3S. The number of anilines is 1. The molecule has 0 aliphatic rings. The van der Waals surface area contributed by atoms with E-state index < -0.39 is 15.8 Å². The van der Waals surface area contributed by atoms with E-state index >= 15 is 0 Å². The van der Waals surface area contributed by atoms with Crippen molar-refractivity contribution >= 4 is 15.7 Å². The molecule has 2 N–H and O–H groups in total. The number of sulfonamides is 1. The van der Waals surface area contributed by atoms with Crippen LogP contribution in [0.1, 0.15) is 5.56 Å². The Morgan fingerprint density at radius 2 is 1.68 bits per heavy atom. The second kappa shape index (κ2) is 5.38. The van der Waals surface area contributed by atoms with Crippen LogP contribution in [0.15, 0.2) is 53.4 Å². The van der Waals surface area contributed by atoms with Crippen LogP contribution in [0, 0.1) is 5.82 Å². The zero-order valence-electron chi connectivity index (χ0n) is 9.88. The minimum Gasteiger partial charge on any atom is -0.392 e. The van der Waals surface area contributed by atoms with Crippen molar-refractivity contribution in [2.45, 2.75) is 11.5 Å². The van der Waals surface area contributed by atoms with E-state index in [2.05, 4.69) is 4.72 Å². The fourth-order valence-corrected chi connectivity index (χ4v) is 2.68. The predicted octanol–water partition coefficient (Wildman–Crippen LogP) is 2.12. The third-order valence-electron chi connectivity index (χ3n) is 2.56. The number of benzene rings is 2. The Bertz CT molecular complexity index is 669. The SMILES string of the molecule is O=S(=O)(Nc1ccccc1CO)c1ccc(F)cc1. The summed E-state index contributed by atoms with van der Waals surface area (Å²) in [4.78, 5) is -0.0401. The van der Waals surface area contributed by atoms with E-state index in [4.69, 9.17) is 5.11 Å². The van der Waals surface area contributed by atoms with Crippen molar-refractivity contribution in [2.24, 2.45) is 0 Å². The van der Waals surface area contributed by atoms with Gasteiger partial charge in [0.2, 0.25) is 0 Å². The molecule has 0 aliphatic carbocycles. The third-order valence-corrected chi connectivity index (χ3v) is 3.94. The third kappa shape index (κ3) is 3.10. The van der Waals surface area contributed by atoms with Gasteiger partial charge in [-0.25, -0.2) is 12.8 Å². The molecule has 100 valence electrons. The maximum atomic E-state index is 12.8. The molecule has 0 unspecified atom stereocenters. The summed E-state index contributed by atoms with van der Waals surface area (Å²) >= 11 is 0. The Morgan fingerprint density at radius 1 is 1.05 bits per heavy atom. The molecule has 4 nitrogen and oxygen atoms in total. The van der Waals surface area contributed by atoms with Crippen LogP contribution in [0.4, 0.5) is 10.1 Å². The molecule has 0 radical (unpaired) electrons. The van der Waals surface area contributed by atoms with E-state index in [1.54, 1.807) is 24.3 Å². The number of hydrogen-bond acceptors (Lipinski definition) is 3. The molecule has 0 bridgehead atoms. The highest BCUT2D eigenvalue weighted by Crippen LogP contribution is 2.20. The lowest BCUT2D eigenvalue weighted by atomic mass is 10.2. The fourth-order valence-electron chi connectivity index (χ4n) is 1.58. The van der Waals surface area contributed by atoms with Crippen LogP contribution in [0.3, 0.4) is 0 Å². The molecule has 0 atom stereocenters. The van der Waals surface area contributed by atoms with Crippen molar-refractivity contribution in [3.8, 4) is 0 Å². The van der Waals surface area contributed by atoms with Crippen LogP contribution in [-0.2, 0) is 16.6 Å². The Kier molecular flexibility index (Phi) is 3.82. The first-order valence-corrected chi connectivity index (χ1v) is 6.98. The molecule has 0 heterocycles. The van der Waals surface area contributed by atoms with Gasteiger partial charge in [0.15, 0.2) is 0 Å². The first kappa shape index (κ1) is 13.5. The number of rotatable bonds is 4. The summed E-state index contributed by atoms with van der Waals surface area (Å²) in [5.74, 6) is -0.505. The molecule has 2 aromatic carbocycles. The van der Waals surface area contributed by atoms with Crippen LogP contribution < -0.4 is 4.72 Å². The van der Waals surface area contributed by atoms with Crippen LogP contribution >= 0.6 is 0 Å². The average molecular weight is 281 g/mol. The number of hydrogen-bond donors (Lipinski definition) is 2. The van der Waals surface area contributed by atoms with Crippen molar-refractivity contribution in [3.63, 3.8) is 0 Å². The summed E-state index contributed by atoms with van der Waals surface area (Å²) in [6.45, 7) is -0.276. The fraction of sp³-hybridized carbons (Fsp3) is 0.0769. The molecule has 2 aromatic rings. The van der Waals surface area contributed by atoms with Gasteiger partial charge in [0.1, 0.15) is 5.82 Å². The summed E-state index contributed by atoms with van der Waals surface area (Å²) in [7, 11) is -3.79. The van der Waals surface area contributed by atoms with Gasteiger partial charge in [-0.05, 0) is 30.3 Å². The van der Waals surface area contributed by atoms with Crippen LogP contribution in [0.5, 0.6) is 0 Å². The van der Waals surface area contributed by atoms with Gasteiger partial charge in [-0.2, -0.15) is 0 Å². The molecule has 6 heteroatoms. The summed E-state index contributed by atoms with van der Waals surface area (Å²) in [5, 5.41) is 9.14. The molecule has 0 fully saturated rings. The topological polar surface area (TPSA) is 66.4 Å². The molecule has 0 aliphatic heterocycles. The number of aliphatic hydroxyl groups is 1. The Balaban J connectivity index is 2.34. The number of halogens is 1. The predicted molar refractivity (Wildman–Crippen MR) is 69.6 cm³/mol. The second-order valence-corrected chi connectivity index (χ2v) is 5.56. The van der Waals surface area contributed by atoms with Gasteiger partial charge < -0.3 is 5.11 Å². The summed E-state index contributed by atoms with van der Waals surface area (Å²) in [6, 6.07) is 11.0. The Labute approximate surface area is 110 Å². The molecular weight excluding hydrogens is 269 g/mol. The van der Waals surface area contributed by atoms with Gasteiger partial charge >= 0.3 is 0 Å². The highest BCUT2D eigenvalue weighted by Gasteiger charge is 2.15. The maximum absolute atomic E-state index is 12.8. The minimum absolute atomic E-state index is 0.0401. The van der Waals surface area contributed by atoms with E-state index in [9.17, 15) is 12.8 Å². The molecule has 0 aromatic heterocycles. The van der Waals surface area contributed by atoms with Gasteiger partial charge in [0.25, 0.3) is 10.0 Å². The quantitative estimate of drug-likeness (QED) is 0.902. The van der Waals surface area contributed by atoms with Crippen molar-refractivity contribution in [1.82, 2.24) is 0 Å². The first-order chi connectivity index (χ1) is 9.03. The number of nitrogens with one attached hydrogen (secondary N) is 1. The van der Waals surface area contributed by atoms with Gasteiger partial charge in [-0.15, -0.1) is 0 Å². The number of aliphatic hydroxyl groups excluding tert-OH is 1. The highest BCUT2D eigenvalue weighted by molar-refractivity contribution is 7.92. The molecule has 19 heavy (non-hydrogen) atoms. The minimum atomic E-state index is -3.79. The van der Waals surface area contributed by atoms with Crippen LogP contribution in [0.2, 0.25) is 0 Å². The van der Waals surface area contributed by atoms with E-state index in [-0.39, 0.29) is 11.5 Å². The molecule has 0 amide bonds. The lowest BCUT2D eigenvalue weighted by Crippen LogP contribution is -2.14. The Morgan fingerprint density at radius 3 is 2.32 bits per heavy atom. The summed E-state index contributed by atoms with van der Waals surface area (Å²) < 4.78 is 39.3. The normalized spacial score (nSPS) is 11.3. The van der Waals surface area contributed by atoms with Gasteiger partial charge in [0.05, 0.1) is 17.2 Å². The monoisotopic (exact) mass is 281 g/mol. The molecule has 0 saturated carbocycles. The van der Waals surface area contributed by atoms with E-state index in [0.29, 0.717) is 11.3 Å². The largest absolute Gasteiger partial charge is 0.392 e. The summed E-state index contributed by atoms with van der Waals surface area (Å²) in [5.41, 5.74) is 0.766. The number of para-hydroxylation sites is 1. The van der Waals surface area contributed by atoms with Gasteiger partial charge in [-0.3, -0.25) is 4.72 Å². The van der Waals surface area contributed by atoms with Gasteiger partial charge in [0, 0.05) is 5.56 Å². The maximum Gasteiger partial charge on any atom is 0.261 e. The average Bonchev–Trinajstić information content (AvgIpc) is 2.39. The first-order valence-electron chi connectivity index (χ1n) is 5.50. The van der Waals surface area contributed by atoms with Crippen LogP contribution in [0.25, 0.3) is 0 Å². The van der Waals surface area contributed by atoms with Crippen molar-refractivity contribution in [3.05, 3.63) is 59.9 Å². The molecule has 0 saturated heterocycles. The highest BCUT2D eigenvalue weighted by atomic mass is 32.2. The van der Waals surface area contributed by atoms with Gasteiger partial charge in [-0.1, -0.05) is 18.2 Å². The summed E-state index contributed by atoms with van der Waals surface area (Å²) in [6.07, 6.45) is 0. The van der Waals surface area contributed by atoms with E-state index in [0.717, 1.165) is 12.1 Å². The molecule has 0 spiro atoms. The van der Waals surface area contributed by atoms with Crippen molar-refractivity contribution < 1.29 is 17.9 Å². The lowest BCUT2D eigenvalue weighted by Gasteiger charge is -2.11. The second-order valence-electron chi connectivity index (χ2n) is 3.87. The van der Waals surface area contributed by atoms with E-state index in [1.807, 2.05) is 0 Å². The van der Waals surface area contributed by atoms with Crippen molar-refractivity contribution in [2.75, 3.05) is 4.72 Å². The zero-order chi connectivity index (χ0) is 13.9. The van der Waals surface area contributed by atoms with Crippen LogP contribution in [-0.4, -0.2) is 13.5 Å². The standard InChI is InChI=1S/C13H12FNO3S/c14-11-5-7-12(8-6-11)19(17,18)15-13-4-2-1-3-10(13)9-16/h1-8,15-16H,9H2. The van der Waals surface area contributed by atoms with E-state index in [1.165, 1.54) is 12.1 Å². The lowest BCUT2D eigenvalue weighted by molar-refractivity contribution is 0.282. The Hall–Kier alpha value is -1.92. The molecule has 2 rings (SSSR count). The van der Waals surface area contributed by atoms with Crippen molar-refractivity contribution in [1.29, 1.82) is 0 Å². The zero-order valence-corrected chi connectivity index (χ0v) is 10.7.